The van der Waals surface area contributed by atoms with Gasteiger partial charge in [-0.05, 0) is 48.7 Å². The van der Waals surface area contributed by atoms with Crippen LogP contribution in [0.3, 0.4) is 0 Å². The predicted octanol–water partition coefficient (Wildman–Crippen LogP) is 6.56. The van der Waals surface area contributed by atoms with E-state index in [0.29, 0.717) is 35.2 Å². The Labute approximate surface area is 208 Å². The van der Waals surface area contributed by atoms with Crippen molar-refractivity contribution >= 4 is 34.0 Å². The first-order valence-corrected chi connectivity index (χ1v) is 12.0. The van der Waals surface area contributed by atoms with E-state index in [4.69, 9.17) is 21.3 Å². The number of nitrogens with one attached hydrogen (secondary N) is 1. The van der Waals surface area contributed by atoms with Crippen LogP contribution < -0.4 is 15.0 Å². The summed E-state index contributed by atoms with van der Waals surface area (Å²) in [5.74, 6) is 0.741. The Morgan fingerprint density at radius 1 is 1.11 bits per heavy atom. The molecule has 1 aromatic heterocycles. The number of nitrogens with zero attached hydrogens (tertiary/aromatic N) is 3. The maximum absolute atomic E-state index is 13.6. The van der Waals surface area contributed by atoms with E-state index in [1.54, 1.807) is 12.1 Å². The molecular formula is C28H24ClFN4O. The maximum Gasteiger partial charge on any atom is 0.147 e. The highest BCUT2D eigenvalue weighted by Gasteiger charge is 2.27. The summed E-state index contributed by atoms with van der Waals surface area (Å²) < 4.78 is 19.8. The first-order chi connectivity index (χ1) is 17.1. The Kier molecular flexibility index (Phi) is 6.69. The molecule has 4 aromatic rings. The van der Waals surface area contributed by atoms with Crippen LogP contribution in [-0.4, -0.2) is 24.2 Å². The molecule has 1 atom stereocenters. The van der Waals surface area contributed by atoms with Gasteiger partial charge in [0.15, 0.2) is 0 Å². The lowest BCUT2D eigenvalue weighted by Gasteiger charge is -2.35. The highest BCUT2D eigenvalue weighted by atomic mass is 35.5. The molecule has 5 nitrogen and oxygen atoms in total. The Balaban J connectivity index is 1.47. The Morgan fingerprint density at radius 2 is 1.94 bits per heavy atom. The summed E-state index contributed by atoms with van der Waals surface area (Å²) in [6.45, 7) is 1.90. The van der Waals surface area contributed by atoms with Gasteiger partial charge < -0.3 is 15.0 Å². The van der Waals surface area contributed by atoms with Crippen LogP contribution in [0.2, 0.25) is 5.02 Å². The van der Waals surface area contributed by atoms with Crippen molar-refractivity contribution in [2.45, 2.75) is 25.5 Å². The number of pyridine rings is 1. The van der Waals surface area contributed by atoms with Gasteiger partial charge in [0.1, 0.15) is 35.1 Å². The minimum atomic E-state index is -0.321. The second-order valence-electron chi connectivity index (χ2n) is 8.58. The third-order valence-electron chi connectivity index (χ3n) is 6.14. The number of benzene rings is 3. The molecule has 5 rings (SSSR count). The van der Waals surface area contributed by atoms with Crippen LogP contribution in [-0.2, 0) is 6.54 Å². The molecule has 2 heterocycles. The topological polar surface area (TPSA) is 61.2 Å². The third-order valence-corrected chi connectivity index (χ3v) is 6.40. The van der Waals surface area contributed by atoms with Crippen molar-refractivity contribution in [1.82, 2.24) is 4.98 Å². The Hall–Kier alpha value is -3.82. The standard InChI is InChI=1S/C28H24ClFN4O/c29-20-12-10-19(11-13-20)17-32-28-25(16-31)27(24-8-1-2-9-26(24)33-28)34-14-4-7-23(18-34)35-22-6-3-5-21(30)15-22/h1-3,5-6,8-13,15,23H,4,7,14,17-18H2,(H,32,33). The van der Waals surface area contributed by atoms with Crippen LogP contribution in [0.4, 0.5) is 15.9 Å². The SMILES string of the molecule is N#Cc1c(NCc2ccc(Cl)cc2)nc2ccccc2c1N1CCCC(Oc2cccc(F)c2)C1. The van der Waals surface area contributed by atoms with E-state index < -0.39 is 0 Å². The number of piperidine rings is 1. The summed E-state index contributed by atoms with van der Waals surface area (Å²) >= 11 is 6.01. The Bertz CT molecular complexity index is 1390. The molecule has 35 heavy (non-hydrogen) atoms. The van der Waals surface area contributed by atoms with Crippen molar-refractivity contribution in [3.63, 3.8) is 0 Å². The molecule has 1 fully saturated rings. The van der Waals surface area contributed by atoms with E-state index in [9.17, 15) is 9.65 Å². The van der Waals surface area contributed by atoms with Gasteiger partial charge in [0, 0.05) is 29.6 Å². The number of nitriles is 1. The molecule has 0 spiro atoms. The number of rotatable bonds is 6. The van der Waals surface area contributed by atoms with Crippen LogP contribution in [0.5, 0.6) is 5.75 Å². The largest absolute Gasteiger partial charge is 0.488 e. The fourth-order valence-corrected chi connectivity index (χ4v) is 4.64. The minimum Gasteiger partial charge on any atom is -0.488 e. The number of hydrogen-bond donors (Lipinski definition) is 1. The summed E-state index contributed by atoms with van der Waals surface area (Å²) in [6, 6.07) is 24.1. The van der Waals surface area contributed by atoms with E-state index >= 15 is 0 Å². The van der Waals surface area contributed by atoms with Crippen LogP contribution in [0.1, 0.15) is 24.0 Å². The number of para-hydroxylation sites is 1. The van der Waals surface area contributed by atoms with Gasteiger partial charge in [-0.3, -0.25) is 0 Å². The van der Waals surface area contributed by atoms with Crippen molar-refractivity contribution in [2.75, 3.05) is 23.3 Å². The van der Waals surface area contributed by atoms with Crippen molar-refractivity contribution in [3.8, 4) is 11.8 Å². The number of anilines is 2. The van der Waals surface area contributed by atoms with Crippen molar-refractivity contribution in [1.29, 1.82) is 5.26 Å². The highest BCUT2D eigenvalue weighted by molar-refractivity contribution is 6.30. The van der Waals surface area contributed by atoms with E-state index in [2.05, 4.69) is 16.3 Å². The van der Waals surface area contributed by atoms with Gasteiger partial charge in [-0.15, -0.1) is 0 Å². The van der Waals surface area contributed by atoms with E-state index in [-0.39, 0.29) is 11.9 Å². The summed E-state index contributed by atoms with van der Waals surface area (Å²) in [7, 11) is 0. The van der Waals surface area contributed by atoms with Gasteiger partial charge in [0.25, 0.3) is 0 Å². The normalized spacial score (nSPS) is 15.6. The molecule has 0 amide bonds. The average molecular weight is 487 g/mol. The fraction of sp³-hybridized carbons (Fsp3) is 0.214. The maximum atomic E-state index is 13.6. The van der Waals surface area contributed by atoms with E-state index in [1.165, 1.54) is 12.1 Å². The van der Waals surface area contributed by atoms with Crippen molar-refractivity contribution in [2.24, 2.45) is 0 Å². The second-order valence-corrected chi connectivity index (χ2v) is 9.01. The van der Waals surface area contributed by atoms with Crippen LogP contribution in [0.25, 0.3) is 10.9 Å². The lowest BCUT2D eigenvalue weighted by molar-refractivity contribution is 0.179. The third kappa shape index (κ3) is 5.16. The first kappa shape index (κ1) is 22.9. The molecule has 1 aliphatic rings. The van der Waals surface area contributed by atoms with E-state index in [1.807, 2.05) is 48.5 Å². The lowest BCUT2D eigenvalue weighted by atomic mass is 10.0. The van der Waals surface area contributed by atoms with Gasteiger partial charge in [-0.2, -0.15) is 5.26 Å². The molecule has 3 aromatic carbocycles. The fourth-order valence-electron chi connectivity index (χ4n) is 4.52. The zero-order valence-corrected chi connectivity index (χ0v) is 19.8. The van der Waals surface area contributed by atoms with Gasteiger partial charge >= 0.3 is 0 Å². The van der Waals surface area contributed by atoms with Crippen molar-refractivity contribution < 1.29 is 9.13 Å². The molecule has 1 unspecified atom stereocenters. The number of aromatic nitrogens is 1. The summed E-state index contributed by atoms with van der Waals surface area (Å²) in [4.78, 5) is 6.97. The number of halogens is 2. The van der Waals surface area contributed by atoms with Gasteiger partial charge in [0.2, 0.25) is 0 Å². The van der Waals surface area contributed by atoms with Crippen LogP contribution in [0, 0.1) is 17.1 Å². The monoisotopic (exact) mass is 486 g/mol. The first-order valence-electron chi connectivity index (χ1n) is 11.6. The number of fused-ring (bicyclic) bond motifs is 1. The van der Waals surface area contributed by atoms with Gasteiger partial charge in [-0.25, -0.2) is 9.37 Å². The molecule has 176 valence electrons. The minimum absolute atomic E-state index is 0.116. The molecule has 0 aliphatic carbocycles. The lowest BCUT2D eigenvalue weighted by Crippen LogP contribution is -2.41. The zero-order chi connectivity index (χ0) is 24.2. The second kappa shape index (κ2) is 10.2. The zero-order valence-electron chi connectivity index (χ0n) is 19.0. The Morgan fingerprint density at radius 3 is 2.74 bits per heavy atom. The summed E-state index contributed by atoms with van der Waals surface area (Å²) in [5.41, 5.74) is 3.21. The van der Waals surface area contributed by atoms with Crippen LogP contribution in [0.15, 0.2) is 72.8 Å². The summed E-state index contributed by atoms with van der Waals surface area (Å²) in [6.07, 6.45) is 1.64. The quantitative estimate of drug-likeness (QED) is 0.334. The molecule has 1 aliphatic heterocycles. The molecule has 1 N–H and O–H groups in total. The highest BCUT2D eigenvalue weighted by Crippen LogP contribution is 2.36. The molecule has 0 saturated carbocycles. The molecule has 1 saturated heterocycles. The van der Waals surface area contributed by atoms with E-state index in [0.717, 1.165) is 41.5 Å². The molecule has 0 bridgehead atoms. The summed E-state index contributed by atoms with van der Waals surface area (Å²) in [5, 5.41) is 15.2. The number of ether oxygens (including phenoxy) is 1. The van der Waals surface area contributed by atoms with Crippen LogP contribution >= 0.6 is 11.6 Å². The molecule has 7 heteroatoms. The number of hydrogen-bond acceptors (Lipinski definition) is 5. The molecule has 0 radical (unpaired) electrons. The van der Waals surface area contributed by atoms with Gasteiger partial charge in [-0.1, -0.05) is 48.0 Å². The smallest absolute Gasteiger partial charge is 0.147 e. The predicted molar refractivity (Wildman–Crippen MR) is 137 cm³/mol. The average Bonchev–Trinajstić information content (AvgIpc) is 2.87. The molecular weight excluding hydrogens is 463 g/mol. The van der Waals surface area contributed by atoms with Crippen molar-refractivity contribution in [3.05, 3.63) is 94.8 Å². The van der Waals surface area contributed by atoms with Gasteiger partial charge in [0.05, 0.1) is 17.7 Å².